The van der Waals surface area contributed by atoms with E-state index in [-0.39, 0.29) is 11.6 Å². The lowest BCUT2D eigenvalue weighted by Gasteiger charge is -2.44. The van der Waals surface area contributed by atoms with Crippen LogP contribution >= 0.6 is 11.3 Å². The van der Waals surface area contributed by atoms with Crippen LogP contribution in [0.15, 0.2) is 11.4 Å². The van der Waals surface area contributed by atoms with Gasteiger partial charge in [0.05, 0.1) is 11.6 Å². The van der Waals surface area contributed by atoms with Crippen molar-refractivity contribution in [3.63, 3.8) is 0 Å². The van der Waals surface area contributed by atoms with Crippen molar-refractivity contribution in [2.45, 2.75) is 58.1 Å². The molecule has 1 saturated carbocycles. The summed E-state index contributed by atoms with van der Waals surface area (Å²) in [6.45, 7) is 7.29. The van der Waals surface area contributed by atoms with Gasteiger partial charge in [-0.15, -0.1) is 11.3 Å². The van der Waals surface area contributed by atoms with E-state index in [1.54, 1.807) is 11.3 Å². The van der Waals surface area contributed by atoms with E-state index in [0.29, 0.717) is 0 Å². The molecule has 1 aromatic heterocycles. The van der Waals surface area contributed by atoms with Crippen LogP contribution in [-0.2, 0) is 4.74 Å². The van der Waals surface area contributed by atoms with Gasteiger partial charge in [-0.1, -0.05) is 6.92 Å². The van der Waals surface area contributed by atoms with Crippen molar-refractivity contribution >= 4 is 11.3 Å². The van der Waals surface area contributed by atoms with Gasteiger partial charge in [0.25, 0.3) is 0 Å². The zero-order valence-corrected chi connectivity index (χ0v) is 13.1. The van der Waals surface area contributed by atoms with Crippen LogP contribution in [-0.4, -0.2) is 12.2 Å². The SMILES string of the molecule is CCOC1(C(NN)c2csc(C)c2)CCC(C)CC1. The molecule has 4 heteroatoms. The second kappa shape index (κ2) is 6.35. The highest BCUT2D eigenvalue weighted by atomic mass is 32.1. The van der Waals surface area contributed by atoms with E-state index in [1.165, 1.54) is 23.3 Å². The van der Waals surface area contributed by atoms with Gasteiger partial charge in [0.15, 0.2) is 0 Å². The van der Waals surface area contributed by atoms with E-state index in [9.17, 15) is 0 Å². The lowest BCUT2D eigenvalue weighted by molar-refractivity contribution is -0.0976. The fourth-order valence-corrected chi connectivity index (χ4v) is 3.95. The van der Waals surface area contributed by atoms with Gasteiger partial charge in [-0.25, -0.2) is 0 Å². The number of hydrogen-bond acceptors (Lipinski definition) is 4. The zero-order chi connectivity index (χ0) is 13.9. The van der Waals surface area contributed by atoms with Crippen molar-refractivity contribution in [3.05, 3.63) is 21.9 Å². The molecule has 1 aromatic rings. The Balaban J connectivity index is 2.25. The average Bonchev–Trinajstić information content (AvgIpc) is 2.81. The third-order valence-corrected chi connectivity index (χ3v) is 5.21. The summed E-state index contributed by atoms with van der Waals surface area (Å²) in [6.07, 6.45) is 4.63. The largest absolute Gasteiger partial charge is 0.373 e. The topological polar surface area (TPSA) is 47.3 Å². The Labute approximate surface area is 120 Å². The maximum absolute atomic E-state index is 6.20. The molecule has 19 heavy (non-hydrogen) atoms. The number of rotatable bonds is 5. The maximum atomic E-state index is 6.20. The van der Waals surface area contributed by atoms with Gasteiger partial charge in [-0.3, -0.25) is 11.3 Å². The molecule has 3 nitrogen and oxygen atoms in total. The molecule has 1 heterocycles. The predicted molar refractivity (Wildman–Crippen MR) is 81.1 cm³/mol. The summed E-state index contributed by atoms with van der Waals surface area (Å²) in [4.78, 5) is 1.33. The van der Waals surface area contributed by atoms with Crippen LogP contribution in [0.3, 0.4) is 0 Å². The van der Waals surface area contributed by atoms with Crippen molar-refractivity contribution in [2.75, 3.05) is 6.61 Å². The normalized spacial score (nSPS) is 29.4. The minimum Gasteiger partial charge on any atom is -0.373 e. The van der Waals surface area contributed by atoms with Gasteiger partial charge in [-0.05, 0) is 62.5 Å². The minimum atomic E-state index is -0.135. The van der Waals surface area contributed by atoms with Crippen LogP contribution in [0, 0.1) is 12.8 Å². The second-order valence-corrected chi connectivity index (χ2v) is 6.89. The first-order valence-corrected chi connectivity index (χ1v) is 8.14. The van der Waals surface area contributed by atoms with E-state index in [1.807, 2.05) is 0 Å². The van der Waals surface area contributed by atoms with Gasteiger partial charge in [0.1, 0.15) is 0 Å². The van der Waals surface area contributed by atoms with Crippen molar-refractivity contribution in [3.8, 4) is 0 Å². The molecular weight excluding hydrogens is 256 g/mol. The fourth-order valence-electron chi connectivity index (χ4n) is 3.22. The Bertz CT molecular complexity index is 397. The van der Waals surface area contributed by atoms with Crippen LogP contribution in [0.1, 0.15) is 56.0 Å². The lowest BCUT2D eigenvalue weighted by Crippen LogP contribution is -2.50. The minimum absolute atomic E-state index is 0.102. The summed E-state index contributed by atoms with van der Waals surface area (Å²) in [7, 11) is 0. The number of nitrogens with one attached hydrogen (secondary N) is 1. The van der Waals surface area contributed by atoms with E-state index >= 15 is 0 Å². The molecule has 1 aliphatic carbocycles. The van der Waals surface area contributed by atoms with Gasteiger partial charge < -0.3 is 4.74 Å². The second-order valence-electron chi connectivity index (χ2n) is 5.77. The highest BCUT2D eigenvalue weighted by molar-refractivity contribution is 7.10. The van der Waals surface area contributed by atoms with E-state index in [0.717, 1.165) is 25.4 Å². The predicted octanol–water partition coefficient (Wildman–Crippen LogP) is 3.55. The third kappa shape index (κ3) is 3.19. The van der Waals surface area contributed by atoms with Crippen LogP contribution in [0.2, 0.25) is 0 Å². The Morgan fingerprint density at radius 3 is 2.68 bits per heavy atom. The molecule has 3 N–H and O–H groups in total. The summed E-state index contributed by atoms with van der Waals surface area (Å²) in [5, 5.41) is 2.21. The zero-order valence-electron chi connectivity index (χ0n) is 12.2. The number of hydrogen-bond donors (Lipinski definition) is 2. The Morgan fingerprint density at radius 1 is 1.53 bits per heavy atom. The van der Waals surface area contributed by atoms with Gasteiger partial charge >= 0.3 is 0 Å². The average molecular weight is 282 g/mol. The van der Waals surface area contributed by atoms with E-state index in [4.69, 9.17) is 10.6 Å². The highest BCUT2D eigenvalue weighted by Crippen LogP contribution is 2.43. The standard InChI is InChI=1S/C15H26N2OS/c1-4-18-15(7-5-11(2)6-8-15)14(17-16)13-9-12(3)19-10-13/h9-11,14,17H,4-8,16H2,1-3H3. The smallest absolute Gasteiger partial charge is 0.0889 e. The Hall–Kier alpha value is -0.420. The molecule has 0 spiro atoms. The highest BCUT2D eigenvalue weighted by Gasteiger charge is 2.42. The summed E-state index contributed by atoms with van der Waals surface area (Å²) in [5.41, 5.74) is 4.16. The van der Waals surface area contributed by atoms with Crippen molar-refractivity contribution < 1.29 is 4.74 Å². The molecule has 1 unspecified atom stereocenters. The molecule has 0 amide bonds. The van der Waals surface area contributed by atoms with Crippen LogP contribution < -0.4 is 11.3 Å². The summed E-state index contributed by atoms with van der Waals surface area (Å²) < 4.78 is 6.20. The van der Waals surface area contributed by atoms with Crippen LogP contribution in [0.4, 0.5) is 0 Å². The quantitative estimate of drug-likeness (QED) is 0.641. The Kier molecular flexibility index (Phi) is 5.01. The molecule has 1 fully saturated rings. The van der Waals surface area contributed by atoms with Gasteiger partial charge in [0.2, 0.25) is 0 Å². The summed E-state index contributed by atoms with van der Waals surface area (Å²) >= 11 is 1.78. The number of hydrazine groups is 1. The third-order valence-electron chi connectivity index (χ3n) is 4.33. The summed E-state index contributed by atoms with van der Waals surface area (Å²) in [6, 6.07) is 2.33. The molecular formula is C15H26N2OS. The molecule has 0 radical (unpaired) electrons. The molecule has 1 atom stereocenters. The van der Waals surface area contributed by atoms with E-state index < -0.39 is 0 Å². The van der Waals surface area contributed by atoms with Gasteiger partial charge in [-0.2, -0.15) is 0 Å². The van der Waals surface area contributed by atoms with Crippen LogP contribution in [0.5, 0.6) is 0 Å². The number of thiophene rings is 1. The Morgan fingerprint density at radius 2 is 2.21 bits per heavy atom. The summed E-state index contributed by atoms with van der Waals surface area (Å²) in [5.74, 6) is 6.67. The van der Waals surface area contributed by atoms with Crippen molar-refractivity contribution in [1.29, 1.82) is 0 Å². The number of nitrogens with two attached hydrogens (primary N) is 1. The van der Waals surface area contributed by atoms with Crippen molar-refractivity contribution in [1.82, 2.24) is 5.43 Å². The molecule has 2 rings (SSSR count). The van der Waals surface area contributed by atoms with Crippen molar-refractivity contribution in [2.24, 2.45) is 11.8 Å². The molecule has 0 bridgehead atoms. The first kappa shape index (κ1) is 15.0. The van der Waals surface area contributed by atoms with E-state index in [2.05, 4.69) is 37.6 Å². The monoisotopic (exact) mass is 282 g/mol. The fraction of sp³-hybridized carbons (Fsp3) is 0.733. The first-order chi connectivity index (χ1) is 9.11. The first-order valence-electron chi connectivity index (χ1n) is 7.26. The molecule has 0 aromatic carbocycles. The number of ether oxygens (including phenoxy) is 1. The molecule has 0 saturated heterocycles. The van der Waals surface area contributed by atoms with Gasteiger partial charge in [0, 0.05) is 11.5 Å². The lowest BCUT2D eigenvalue weighted by atomic mass is 9.74. The maximum Gasteiger partial charge on any atom is 0.0889 e. The number of aryl methyl sites for hydroxylation is 1. The molecule has 0 aliphatic heterocycles. The molecule has 108 valence electrons. The van der Waals surface area contributed by atoms with Crippen LogP contribution in [0.25, 0.3) is 0 Å². The molecule has 1 aliphatic rings.